The van der Waals surface area contributed by atoms with Gasteiger partial charge in [0.25, 0.3) is 0 Å². The van der Waals surface area contributed by atoms with Crippen LogP contribution in [0, 0.1) is 5.82 Å². The largest absolute Gasteiger partial charge is 0.508 e. The number of likely N-dealkylation sites (N-methyl/N-ethyl adjacent to an activating group) is 1. The van der Waals surface area contributed by atoms with E-state index in [2.05, 4.69) is 16.0 Å². The summed E-state index contributed by atoms with van der Waals surface area (Å²) >= 11 is 0. The third-order valence-corrected chi connectivity index (χ3v) is 7.37. The molecular formula is C31H42FN5O5. The summed E-state index contributed by atoms with van der Waals surface area (Å²) in [7, 11) is 1.48. The molecule has 4 amide bonds. The second kappa shape index (κ2) is 14.3. The molecule has 1 aliphatic heterocycles. The van der Waals surface area contributed by atoms with Gasteiger partial charge in [0.2, 0.25) is 23.6 Å². The molecule has 1 unspecified atom stereocenters. The van der Waals surface area contributed by atoms with E-state index in [1.165, 1.54) is 24.1 Å². The van der Waals surface area contributed by atoms with E-state index < -0.39 is 41.7 Å². The summed E-state index contributed by atoms with van der Waals surface area (Å²) in [6.07, 6.45) is 0.990. The van der Waals surface area contributed by atoms with Crippen LogP contribution in [0.15, 0.2) is 42.5 Å². The number of amides is 4. The van der Waals surface area contributed by atoms with E-state index >= 15 is 0 Å². The Balaban J connectivity index is 1.85. The molecule has 2 aromatic carbocycles. The Hall–Kier alpha value is -3.99. The SMILES string of the molecule is CN(C(=O)[C@@H](N)Cc1ccc(F)cc1)[C@H]1CCCNC(=O)CCNC(=O)C(Cc2ccc(O)c(C(C)(C)C)c2)NC1=O. The van der Waals surface area contributed by atoms with Gasteiger partial charge >= 0.3 is 0 Å². The molecule has 10 nitrogen and oxygen atoms in total. The van der Waals surface area contributed by atoms with E-state index in [-0.39, 0.29) is 49.3 Å². The van der Waals surface area contributed by atoms with E-state index in [1.54, 1.807) is 24.3 Å². The standard InChI is InChI=1S/C31H42FN5O5/c1-31(2,3)22-16-20(9-12-26(22)38)18-24-28(40)35-15-13-27(39)34-14-5-6-25(29(41)36-24)37(4)30(42)23(33)17-19-7-10-21(32)11-8-19/h7-12,16,23-25,38H,5-6,13-15,17-18,33H2,1-4H3,(H,34,39)(H,35,40)(H,36,41)/t23-,24?,25-/m0/s1. The minimum absolute atomic E-state index is 0.0832. The van der Waals surface area contributed by atoms with Crippen molar-refractivity contribution < 1.29 is 28.7 Å². The maximum absolute atomic E-state index is 13.7. The van der Waals surface area contributed by atoms with Crippen LogP contribution in [0.1, 0.15) is 56.7 Å². The lowest BCUT2D eigenvalue weighted by atomic mass is 9.84. The average Bonchev–Trinajstić information content (AvgIpc) is 2.93. The van der Waals surface area contributed by atoms with Crippen molar-refractivity contribution >= 4 is 23.6 Å². The van der Waals surface area contributed by atoms with Gasteiger partial charge in [-0.2, -0.15) is 0 Å². The number of nitrogens with two attached hydrogens (primary N) is 1. The molecule has 3 rings (SSSR count). The molecular weight excluding hydrogens is 541 g/mol. The highest BCUT2D eigenvalue weighted by Crippen LogP contribution is 2.31. The quantitative estimate of drug-likeness (QED) is 0.349. The smallest absolute Gasteiger partial charge is 0.243 e. The van der Waals surface area contributed by atoms with Crippen molar-refractivity contribution in [3.05, 3.63) is 65.0 Å². The number of nitrogens with one attached hydrogen (secondary N) is 3. The van der Waals surface area contributed by atoms with Gasteiger partial charge in [0.15, 0.2) is 0 Å². The molecule has 0 saturated carbocycles. The minimum atomic E-state index is -1.00. The monoisotopic (exact) mass is 583 g/mol. The van der Waals surface area contributed by atoms with E-state index in [0.29, 0.717) is 24.1 Å². The number of hydrogen-bond acceptors (Lipinski definition) is 6. The third-order valence-electron chi connectivity index (χ3n) is 7.37. The highest BCUT2D eigenvalue weighted by molar-refractivity contribution is 5.93. The van der Waals surface area contributed by atoms with Gasteiger partial charge in [-0.1, -0.05) is 45.0 Å². The molecule has 1 heterocycles. The highest BCUT2D eigenvalue weighted by Gasteiger charge is 2.33. The number of carbonyl (C=O) groups is 4. The number of halogens is 1. The third kappa shape index (κ3) is 9.01. The molecule has 1 fully saturated rings. The Labute approximate surface area is 246 Å². The summed E-state index contributed by atoms with van der Waals surface area (Å²) in [6.45, 7) is 6.28. The number of benzene rings is 2. The Morgan fingerprint density at radius 3 is 2.38 bits per heavy atom. The van der Waals surface area contributed by atoms with Crippen LogP contribution in [-0.2, 0) is 37.4 Å². The summed E-state index contributed by atoms with van der Waals surface area (Å²) in [4.78, 5) is 53.7. The summed E-state index contributed by atoms with van der Waals surface area (Å²) in [5, 5.41) is 18.7. The number of phenolic OH excluding ortho intramolecular Hbond substituents is 1. The number of hydrogen-bond donors (Lipinski definition) is 5. The molecule has 2 aromatic rings. The molecule has 11 heteroatoms. The molecule has 3 atom stereocenters. The van der Waals surface area contributed by atoms with Gasteiger partial charge in [-0.15, -0.1) is 0 Å². The summed E-state index contributed by atoms with van der Waals surface area (Å²) in [5.41, 5.74) is 7.95. The van der Waals surface area contributed by atoms with Crippen molar-refractivity contribution in [2.75, 3.05) is 20.1 Å². The molecule has 0 radical (unpaired) electrons. The van der Waals surface area contributed by atoms with Gasteiger partial charge in [-0.25, -0.2) is 4.39 Å². The van der Waals surface area contributed by atoms with Crippen molar-refractivity contribution in [1.82, 2.24) is 20.9 Å². The van der Waals surface area contributed by atoms with Gasteiger partial charge in [-0.3, -0.25) is 19.2 Å². The molecule has 1 saturated heterocycles. The molecule has 228 valence electrons. The minimum Gasteiger partial charge on any atom is -0.508 e. The van der Waals surface area contributed by atoms with Gasteiger partial charge in [0, 0.05) is 33.0 Å². The second-order valence-electron chi connectivity index (χ2n) is 11.8. The first-order valence-corrected chi connectivity index (χ1v) is 14.2. The maximum Gasteiger partial charge on any atom is 0.243 e. The predicted octanol–water partition coefficient (Wildman–Crippen LogP) is 1.67. The maximum atomic E-state index is 13.7. The first-order chi connectivity index (χ1) is 19.8. The summed E-state index contributed by atoms with van der Waals surface area (Å²) in [6, 6.07) is 7.80. The normalized spacial score (nSPS) is 19.7. The molecule has 0 aromatic heterocycles. The lowest BCUT2D eigenvalue weighted by molar-refractivity contribution is -0.141. The van der Waals surface area contributed by atoms with Crippen LogP contribution < -0.4 is 21.7 Å². The zero-order valence-electron chi connectivity index (χ0n) is 24.7. The van der Waals surface area contributed by atoms with Crippen molar-refractivity contribution in [1.29, 1.82) is 0 Å². The fourth-order valence-corrected chi connectivity index (χ4v) is 4.94. The topological polar surface area (TPSA) is 154 Å². The fourth-order valence-electron chi connectivity index (χ4n) is 4.94. The first-order valence-electron chi connectivity index (χ1n) is 14.2. The van der Waals surface area contributed by atoms with Crippen LogP contribution in [0.4, 0.5) is 4.39 Å². The van der Waals surface area contributed by atoms with Gasteiger partial charge in [-0.05, 0) is 59.6 Å². The second-order valence-corrected chi connectivity index (χ2v) is 11.8. The summed E-state index contributed by atoms with van der Waals surface area (Å²) in [5.74, 6) is -1.98. The van der Waals surface area contributed by atoms with Crippen LogP contribution in [0.25, 0.3) is 0 Å². The Kier molecular flexibility index (Phi) is 11.0. The van der Waals surface area contributed by atoms with Gasteiger partial charge in [0.05, 0.1) is 6.04 Å². The fraction of sp³-hybridized carbons (Fsp3) is 0.484. The van der Waals surface area contributed by atoms with E-state index in [9.17, 15) is 28.7 Å². The van der Waals surface area contributed by atoms with Crippen LogP contribution in [0.3, 0.4) is 0 Å². The number of carbonyl (C=O) groups excluding carboxylic acids is 4. The van der Waals surface area contributed by atoms with Crippen molar-refractivity contribution in [2.45, 2.75) is 76.4 Å². The lowest BCUT2D eigenvalue weighted by Crippen LogP contribution is -2.57. The molecule has 1 aliphatic rings. The molecule has 0 aliphatic carbocycles. The number of rotatable bonds is 6. The number of phenols is 1. The van der Waals surface area contributed by atoms with E-state index in [4.69, 9.17) is 5.73 Å². The van der Waals surface area contributed by atoms with Crippen molar-refractivity contribution in [3.63, 3.8) is 0 Å². The van der Waals surface area contributed by atoms with Gasteiger partial charge in [0.1, 0.15) is 23.7 Å². The predicted molar refractivity (Wildman–Crippen MR) is 157 cm³/mol. The van der Waals surface area contributed by atoms with Gasteiger partial charge < -0.3 is 31.7 Å². The Morgan fingerprint density at radius 2 is 1.71 bits per heavy atom. The zero-order chi connectivity index (χ0) is 31.0. The number of nitrogens with zero attached hydrogens (tertiary/aromatic N) is 1. The van der Waals surface area contributed by atoms with Crippen molar-refractivity contribution in [2.24, 2.45) is 5.73 Å². The van der Waals surface area contributed by atoms with E-state index in [1.807, 2.05) is 26.8 Å². The van der Waals surface area contributed by atoms with Crippen LogP contribution >= 0.6 is 0 Å². The number of aromatic hydroxyl groups is 1. The Bertz CT molecular complexity index is 1280. The molecule has 0 spiro atoms. The van der Waals surface area contributed by atoms with Crippen LogP contribution in [0.2, 0.25) is 0 Å². The highest BCUT2D eigenvalue weighted by atomic mass is 19.1. The molecule has 0 bridgehead atoms. The molecule has 6 N–H and O–H groups in total. The Morgan fingerprint density at radius 1 is 1.05 bits per heavy atom. The average molecular weight is 584 g/mol. The van der Waals surface area contributed by atoms with Crippen LogP contribution in [0.5, 0.6) is 5.75 Å². The van der Waals surface area contributed by atoms with E-state index in [0.717, 1.165) is 5.56 Å². The van der Waals surface area contributed by atoms with Crippen LogP contribution in [-0.4, -0.2) is 71.9 Å². The molecule has 42 heavy (non-hydrogen) atoms. The lowest BCUT2D eigenvalue weighted by Gasteiger charge is -2.31. The summed E-state index contributed by atoms with van der Waals surface area (Å²) < 4.78 is 13.3. The van der Waals surface area contributed by atoms with Crippen molar-refractivity contribution in [3.8, 4) is 5.75 Å². The first kappa shape index (κ1) is 32.5. The zero-order valence-corrected chi connectivity index (χ0v) is 24.7.